The molecule has 21 heavy (non-hydrogen) atoms. The number of anilines is 1. The number of hydrogen-bond acceptors (Lipinski definition) is 3. The molecule has 1 heterocycles. The number of imidazole rings is 1. The summed E-state index contributed by atoms with van der Waals surface area (Å²) >= 11 is 0. The van der Waals surface area contributed by atoms with Crippen molar-refractivity contribution in [1.29, 1.82) is 0 Å². The molecule has 0 bridgehead atoms. The van der Waals surface area contributed by atoms with Gasteiger partial charge in [0.2, 0.25) is 5.95 Å². The minimum atomic E-state index is -0.458. The van der Waals surface area contributed by atoms with Gasteiger partial charge < -0.3 is 14.6 Å². The number of rotatable bonds is 6. The molecule has 1 unspecified atom stereocenters. The summed E-state index contributed by atoms with van der Waals surface area (Å²) in [4.78, 5) is 4.36. The number of aromatic nitrogens is 2. The Kier molecular flexibility index (Phi) is 4.90. The zero-order valence-electron chi connectivity index (χ0n) is 12.4. The van der Waals surface area contributed by atoms with Crippen LogP contribution in [0.15, 0.2) is 24.4 Å². The highest BCUT2D eigenvalue weighted by Gasteiger charge is 2.12. The summed E-state index contributed by atoms with van der Waals surface area (Å²) in [5, 5.41) is 3.05. The Hall–Kier alpha value is -1.95. The molecule has 114 valence electrons. The van der Waals surface area contributed by atoms with Crippen molar-refractivity contribution in [2.75, 3.05) is 19.0 Å². The fourth-order valence-electron chi connectivity index (χ4n) is 2.16. The summed E-state index contributed by atoms with van der Waals surface area (Å²) in [6.45, 7) is 4.58. The molecule has 6 heteroatoms. The summed E-state index contributed by atoms with van der Waals surface area (Å²) in [5.41, 5.74) is 1.11. The van der Waals surface area contributed by atoms with E-state index in [-0.39, 0.29) is 18.2 Å². The normalized spacial score (nSPS) is 12.4. The molecule has 1 N–H and O–H groups in total. The lowest BCUT2D eigenvalue weighted by Gasteiger charge is -2.16. The average Bonchev–Trinajstić information content (AvgIpc) is 2.81. The third-order valence-electron chi connectivity index (χ3n) is 3.18. The first kappa shape index (κ1) is 15.4. The number of nitrogens with one attached hydrogen (secondary N) is 1. The van der Waals surface area contributed by atoms with E-state index in [9.17, 15) is 8.78 Å². The number of halogens is 2. The Morgan fingerprint density at radius 2 is 2.14 bits per heavy atom. The second kappa shape index (κ2) is 6.67. The number of ether oxygens (including phenoxy) is 1. The van der Waals surface area contributed by atoms with Crippen LogP contribution in [0.3, 0.4) is 0 Å². The van der Waals surface area contributed by atoms with E-state index < -0.39 is 11.6 Å². The molecule has 0 saturated carbocycles. The molecule has 1 aromatic carbocycles. The Bertz CT molecular complexity index is 613. The van der Waals surface area contributed by atoms with Crippen LogP contribution in [0.4, 0.5) is 14.7 Å². The van der Waals surface area contributed by atoms with Gasteiger partial charge in [-0.2, -0.15) is 0 Å². The van der Waals surface area contributed by atoms with Crippen molar-refractivity contribution >= 4 is 5.95 Å². The zero-order chi connectivity index (χ0) is 15.4. The molecular formula is C15H19F2N3O. The smallest absolute Gasteiger partial charge is 0.203 e. The first-order valence-corrected chi connectivity index (χ1v) is 6.73. The summed E-state index contributed by atoms with van der Waals surface area (Å²) in [7, 11) is 1.63. The Morgan fingerprint density at radius 3 is 2.86 bits per heavy atom. The van der Waals surface area contributed by atoms with Crippen LogP contribution in [0.2, 0.25) is 0 Å². The van der Waals surface area contributed by atoms with Gasteiger partial charge in [-0.25, -0.2) is 13.8 Å². The molecule has 0 aliphatic carbocycles. The average molecular weight is 295 g/mol. The molecule has 0 spiro atoms. The van der Waals surface area contributed by atoms with Crippen molar-refractivity contribution in [3.05, 3.63) is 47.3 Å². The number of methoxy groups -OCH3 is 1. The van der Waals surface area contributed by atoms with Crippen molar-refractivity contribution in [2.45, 2.75) is 26.4 Å². The van der Waals surface area contributed by atoms with E-state index in [2.05, 4.69) is 10.3 Å². The van der Waals surface area contributed by atoms with Crippen molar-refractivity contribution in [1.82, 2.24) is 9.55 Å². The monoisotopic (exact) mass is 295 g/mol. The van der Waals surface area contributed by atoms with E-state index in [1.807, 2.05) is 24.6 Å². The van der Waals surface area contributed by atoms with Gasteiger partial charge >= 0.3 is 0 Å². The van der Waals surface area contributed by atoms with E-state index >= 15 is 0 Å². The standard InChI is InChI=1S/C15H19F2N3O/c1-10-8-20(11(2)9-21-3)15(19-10)18-7-12-6-13(16)4-5-14(12)17/h4-6,8,11H,7,9H2,1-3H3,(H,18,19). The van der Waals surface area contributed by atoms with Crippen LogP contribution in [-0.4, -0.2) is 23.3 Å². The zero-order valence-corrected chi connectivity index (χ0v) is 12.4. The van der Waals surface area contributed by atoms with Crippen LogP contribution in [0.1, 0.15) is 24.2 Å². The maximum atomic E-state index is 13.6. The van der Waals surface area contributed by atoms with Gasteiger partial charge in [0.05, 0.1) is 18.3 Å². The van der Waals surface area contributed by atoms with Crippen molar-refractivity contribution in [3.8, 4) is 0 Å². The lowest BCUT2D eigenvalue weighted by Crippen LogP contribution is -2.14. The maximum absolute atomic E-state index is 13.6. The molecule has 2 aromatic rings. The largest absolute Gasteiger partial charge is 0.383 e. The summed E-state index contributed by atoms with van der Waals surface area (Å²) in [6, 6.07) is 3.50. The van der Waals surface area contributed by atoms with Gasteiger partial charge in [0.25, 0.3) is 0 Å². The first-order valence-electron chi connectivity index (χ1n) is 6.73. The minimum absolute atomic E-state index is 0.0936. The van der Waals surface area contributed by atoms with Crippen LogP contribution in [0.5, 0.6) is 0 Å². The fourth-order valence-corrected chi connectivity index (χ4v) is 2.16. The highest BCUT2D eigenvalue weighted by Crippen LogP contribution is 2.18. The highest BCUT2D eigenvalue weighted by molar-refractivity contribution is 5.32. The third kappa shape index (κ3) is 3.78. The Balaban J connectivity index is 2.14. The van der Waals surface area contributed by atoms with Gasteiger partial charge in [0, 0.05) is 25.4 Å². The fraction of sp³-hybridized carbons (Fsp3) is 0.400. The van der Waals surface area contributed by atoms with Gasteiger partial charge in [-0.15, -0.1) is 0 Å². The molecule has 2 rings (SSSR count). The summed E-state index contributed by atoms with van der Waals surface area (Å²) in [5.74, 6) is -0.287. The van der Waals surface area contributed by atoms with Gasteiger partial charge in [-0.1, -0.05) is 0 Å². The summed E-state index contributed by atoms with van der Waals surface area (Å²) < 4.78 is 33.8. The van der Waals surface area contributed by atoms with Gasteiger partial charge in [-0.3, -0.25) is 0 Å². The van der Waals surface area contributed by atoms with E-state index in [4.69, 9.17) is 4.74 Å². The van der Waals surface area contributed by atoms with E-state index in [1.54, 1.807) is 7.11 Å². The molecule has 1 aromatic heterocycles. The second-order valence-corrected chi connectivity index (χ2v) is 5.01. The molecule has 0 aliphatic heterocycles. The maximum Gasteiger partial charge on any atom is 0.203 e. The molecule has 0 fully saturated rings. The molecule has 1 atom stereocenters. The van der Waals surface area contributed by atoms with Gasteiger partial charge in [-0.05, 0) is 32.0 Å². The lowest BCUT2D eigenvalue weighted by atomic mass is 10.2. The van der Waals surface area contributed by atoms with Crippen LogP contribution in [-0.2, 0) is 11.3 Å². The van der Waals surface area contributed by atoms with Gasteiger partial charge in [0.15, 0.2) is 0 Å². The summed E-state index contributed by atoms with van der Waals surface area (Å²) in [6.07, 6.45) is 1.90. The van der Waals surface area contributed by atoms with Crippen LogP contribution < -0.4 is 5.32 Å². The molecule has 0 amide bonds. The number of benzene rings is 1. The third-order valence-corrected chi connectivity index (χ3v) is 3.18. The number of hydrogen-bond donors (Lipinski definition) is 1. The van der Waals surface area contributed by atoms with Crippen LogP contribution in [0, 0.1) is 18.6 Å². The molecule has 4 nitrogen and oxygen atoms in total. The molecule has 0 saturated heterocycles. The van der Waals surface area contributed by atoms with E-state index in [1.165, 1.54) is 6.07 Å². The number of aryl methyl sites for hydroxylation is 1. The van der Waals surface area contributed by atoms with Crippen molar-refractivity contribution in [3.63, 3.8) is 0 Å². The Labute approximate surface area is 122 Å². The Morgan fingerprint density at radius 1 is 1.38 bits per heavy atom. The molecule has 0 radical (unpaired) electrons. The highest BCUT2D eigenvalue weighted by atomic mass is 19.1. The predicted octanol–water partition coefficient (Wildman–Crippen LogP) is 3.29. The molecular weight excluding hydrogens is 276 g/mol. The van der Waals surface area contributed by atoms with E-state index in [0.29, 0.717) is 12.6 Å². The SMILES string of the molecule is COCC(C)n1cc(C)nc1NCc1cc(F)ccc1F. The predicted molar refractivity (Wildman–Crippen MR) is 77.2 cm³/mol. The van der Waals surface area contributed by atoms with Crippen molar-refractivity contribution < 1.29 is 13.5 Å². The number of nitrogens with zero attached hydrogens (tertiary/aromatic N) is 2. The molecule has 0 aliphatic rings. The van der Waals surface area contributed by atoms with Crippen LogP contribution >= 0.6 is 0 Å². The quantitative estimate of drug-likeness (QED) is 0.889. The minimum Gasteiger partial charge on any atom is -0.383 e. The van der Waals surface area contributed by atoms with Gasteiger partial charge in [0.1, 0.15) is 11.6 Å². The first-order chi connectivity index (χ1) is 10.0. The van der Waals surface area contributed by atoms with Crippen LogP contribution in [0.25, 0.3) is 0 Å². The second-order valence-electron chi connectivity index (χ2n) is 5.01. The topological polar surface area (TPSA) is 39.1 Å². The van der Waals surface area contributed by atoms with Crippen molar-refractivity contribution in [2.24, 2.45) is 0 Å². The lowest BCUT2D eigenvalue weighted by molar-refractivity contribution is 0.163. The van der Waals surface area contributed by atoms with E-state index in [0.717, 1.165) is 17.8 Å².